The lowest BCUT2D eigenvalue weighted by Crippen LogP contribution is -2.49. The van der Waals surface area contributed by atoms with Gasteiger partial charge in [-0.25, -0.2) is 12.7 Å². The van der Waals surface area contributed by atoms with Crippen molar-refractivity contribution in [1.29, 1.82) is 0 Å². The molecule has 2 bridgehead atoms. The maximum atomic E-state index is 12.4. The summed E-state index contributed by atoms with van der Waals surface area (Å²) in [6.07, 6.45) is 4.34. The molecule has 0 aliphatic carbocycles. The number of hydrogen-bond donors (Lipinski definition) is 1. The van der Waals surface area contributed by atoms with Crippen molar-refractivity contribution in [3.63, 3.8) is 0 Å². The summed E-state index contributed by atoms with van der Waals surface area (Å²) in [5.74, 6) is 0.232. The third-order valence-electron chi connectivity index (χ3n) is 4.02. The number of nitrogens with one attached hydrogen (secondary N) is 1. The first-order chi connectivity index (χ1) is 8.17. The fraction of sp³-hybridized carbons (Fsp3) is 1.00. The molecule has 0 aromatic carbocycles. The largest absolute Gasteiger partial charge is 0.311 e. The molecule has 0 aromatic heterocycles. The first-order valence-electron chi connectivity index (χ1n) is 6.89. The summed E-state index contributed by atoms with van der Waals surface area (Å²) >= 11 is 0. The molecule has 18 heavy (non-hydrogen) atoms. The third-order valence-corrected chi connectivity index (χ3v) is 6.42. The summed E-state index contributed by atoms with van der Waals surface area (Å²) in [4.78, 5) is 0. The van der Waals surface area contributed by atoms with Crippen LogP contribution < -0.4 is 5.32 Å². The number of rotatable bonds is 3. The van der Waals surface area contributed by atoms with Crippen LogP contribution in [-0.4, -0.2) is 43.6 Å². The Labute approximate surface area is 111 Å². The normalized spacial score (nSPS) is 33.1. The van der Waals surface area contributed by atoms with Gasteiger partial charge < -0.3 is 5.32 Å². The van der Waals surface area contributed by atoms with Crippen LogP contribution in [0.4, 0.5) is 0 Å². The average molecular weight is 274 g/mol. The summed E-state index contributed by atoms with van der Waals surface area (Å²) in [7, 11) is -1.37. The van der Waals surface area contributed by atoms with Crippen molar-refractivity contribution >= 4 is 10.0 Å². The van der Waals surface area contributed by atoms with Crippen LogP contribution in [0.5, 0.6) is 0 Å². The predicted octanol–water partition coefficient (Wildman–Crippen LogP) is 1.58. The van der Waals surface area contributed by atoms with Gasteiger partial charge in [-0.1, -0.05) is 20.8 Å². The van der Waals surface area contributed by atoms with Crippen LogP contribution in [0.1, 0.15) is 46.5 Å². The Hall–Kier alpha value is -0.130. The van der Waals surface area contributed by atoms with Gasteiger partial charge >= 0.3 is 0 Å². The molecule has 2 aliphatic heterocycles. The minimum absolute atomic E-state index is 0.182. The molecule has 4 nitrogen and oxygen atoms in total. The second-order valence-electron chi connectivity index (χ2n) is 7.10. The molecule has 2 unspecified atom stereocenters. The van der Waals surface area contributed by atoms with E-state index in [-0.39, 0.29) is 17.2 Å². The fourth-order valence-electron chi connectivity index (χ4n) is 3.20. The summed E-state index contributed by atoms with van der Waals surface area (Å²) in [6, 6.07) is 1.25. The van der Waals surface area contributed by atoms with E-state index < -0.39 is 10.0 Å². The number of fused-ring (bicyclic) bond motifs is 2. The fourth-order valence-corrected chi connectivity index (χ4v) is 5.12. The quantitative estimate of drug-likeness (QED) is 0.850. The van der Waals surface area contributed by atoms with E-state index in [9.17, 15) is 8.42 Å². The van der Waals surface area contributed by atoms with E-state index in [0.29, 0.717) is 12.1 Å². The lowest BCUT2D eigenvalue weighted by atomic mass is 10.0. The number of piperidine rings is 1. The van der Waals surface area contributed by atoms with Crippen LogP contribution in [0, 0.1) is 5.41 Å². The van der Waals surface area contributed by atoms with Crippen LogP contribution in [0.15, 0.2) is 0 Å². The van der Waals surface area contributed by atoms with Crippen molar-refractivity contribution in [1.82, 2.24) is 9.62 Å². The van der Waals surface area contributed by atoms with Gasteiger partial charge in [-0.3, -0.25) is 0 Å². The zero-order chi connectivity index (χ0) is 13.6. The summed E-state index contributed by atoms with van der Waals surface area (Å²) < 4.78 is 26.4. The van der Waals surface area contributed by atoms with Gasteiger partial charge in [0.1, 0.15) is 0 Å². The van der Waals surface area contributed by atoms with Gasteiger partial charge in [0.2, 0.25) is 10.0 Å². The standard InChI is InChI=1S/C13H26N2O2S/c1-13(2,3)9-18(16,17)15(4)12-7-10-5-6-11(8-12)14-10/h10-12,14H,5-9H2,1-4H3. The maximum Gasteiger partial charge on any atom is 0.214 e. The van der Waals surface area contributed by atoms with E-state index in [1.807, 2.05) is 20.8 Å². The molecular weight excluding hydrogens is 248 g/mol. The molecule has 2 heterocycles. The Kier molecular flexibility index (Phi) is 3.78. The van der Waals surface area contributed by atoms with Gasteiger partial charge in [0, 0.05) is 25.2 Å². The van der Waals surface area contributed by atoms with Crippen molar-refractivity contribution < 1.29 is 8.42 Å². The second kappa shape index (κ2) is 4.76. The molecule has 2 saturated heterocycles. The zero-order valence-electron chi connectivity index (χ0n) is 11.9. The van der Waals surface area contributed by atoms with Gasteiger partial charge in [-0.05, 0) is 31.1 Å². The van der Waals surface area contributed by atoms with Gasteiger partial charge in [0.05, 0.1) is 5.75 Å². The van der Waals surface area contributed by atoms with Crippen molar-refractivity contribution in [3.8, 4) is 0 Å². The molecule has 5 heteroatoms. The highest BCUT2D eigenvalue weighted by Crippen LogP contribution is 2.31. The Morgan fingerprint density at radius 3 is 2.11 bits per heavy atom. The molecule has 106 valence electrons. The lowest BCUT2D eigenvalue weighted by molar-refractivity contribution is 0.249. The van der Waals surface area contributed by atoms with E-state index in [4.69, 9.17) is 0 Å². The van der Waals surface area contributed by atoms with E-state index in [0.717, 1.165) is 12.8 Å². The van der Waals surface area contributed by atoms with Gasteiger partial charge in [-0.2, -0.15) is 0 Å². The molecule has 0 spiro atoms. The summed E-state index contributed by atoms with van der Waals surface area (Å²) in [5.41, 5.74) is -0.182. The molecule has 0 aromatic rings. The van der Waals surface area contributed by atoms with Crippen LogP contribution in [0.2, 0.25) is 0 Å². The molecule has 0 amide bonds. The summed E-state index contributed by atoms with van der Waals surface area (Å²) in [5, 5.41) is 3.55. The van der Waals surface area contributed by atoms with E-state index in [1.165, 1.54) is 12.8 Å². The van der Waals surface area contributed by atoms with Crippen molar-refractivity contribution in [2.24, 2.45) is 5.41 Å². The minimum Gasteiger partial charge on any atom is -0.311 e. The molecule has 1 N–H and O–H groups in total. The Balaban J connectivity index is 2.04. The number of nitrogens with zero attached hydrogens (tertiary/aromatic N) is 1. The smallest absolute Gasteiger partial charge is 0.214 e. The van der Waals surface area contributed by atoms with Gasteiger partial charge in [0.15, 0.2) is 0 Å². The topological polar surface area (TPSA) is 49.4 Å². The highest BCUT2D eigenvalue weighted by Gasteiger charge is 2.39. The maximum absolute atomic E-state index is 12.4. The minimum atomic E-state index is -3.13. The lowest BCUT2D eigenvalue weighted by Gasteiger charge is -2.36. The molecule has 0 saturated carbocycles. The number of hydrogen-bond acceptors (Lipinski definition) is 3. The molecule has 2 atom stereocenters. The first-order valence-corrected chi connectivity index (χ1v) is 8.50. The monoisotopic (exact) mass is 274 g/mol. The van der Waals surface area contributed by atoms with Crippen LogP contribution in [0.3, 0.4) is 0 Å². The van der Waals surface area contributed by atoms with Crippen LogP contribution >= 0.6 is 0 Å². The Morgan fingerprint density at radius 2 is 1.67 bits per heavy atom. The molecular formula is C13H26N2O2S. The Morgan fingerprint density at radius 1 is 1.17 bits per heavy atom. The van der Waals surface area contributed by atoms with Crippen LogP contribution in [-0.2, 0) is 10.0 Å². The summed E-state index contributed by atoms with van der Waals surface area (Å²) in [6.45, 7) is 5.93. The van der Waals surface area contributed by atoms with Gasteiger partial charge in [0.25, 0.3) is 0 Å². The van der Waals surface area contributed by atoms with E-state index in [2.05, 4.69) is 5.32 Å². The molecule has 0 radical (unpaired) electrons. The zero-order valence-corrected chi connectivity index (χ0v) is 12.8. The van der Waals surface area contributed by atoms with E-state index in [1.54, 1.807) is 11.4 Å². The Bertz CT molecular complexity index is 388. The predicted molar refractivity (Wildman–Crippen MR) is 74.0 cm³/mol. The third kappa shape index (κ3) is 3.25. The molecule has 2 rings (SSSR count). The van der Waals surface area contributed by atoms with Gasteiger partial charge in [-0.15, -0.1) is 0 Å². The SMILES string of the molecule is CN(C1CC2CCC(C1)N2)S(=O)(=O)CC(C)(C)C. The van der Waals surface area contributed by atoms with Crippen molar-refractivity contribution in [3.05, 3.63) is 0 Å². The highest BCUT2D eigenvalue weighted by molar-refractivity contribution is 7.89. The molecule has 2 aliphatic rings. The first kappa shape index (κ1) is 14.3. The molecule has 2 fully saturated rings. The number of sulfonamides is 1. The van der Waals surface area contributed by atoms with Crippen LogP contribution in [0.25, 0.3) is 0 Å². The highest BCUT2D eigenvalue weighted by atomic mass is 32.2. The van der Waals surface area contributed by atoms with E-state index >= 15 is 0 Å². The van der Waals surface area contributed by atoms with Crippen molar-refractivity contribution in [2.75, 3.05) is 12.8 Å². The average Bonchev–Trinajstić information content (AvgIpc) is 2.53. The second-order valence-corrected chi connectivity index (χ2v) is 9.12. The van der Waals surface area contributed by atoms with Crippen molar-refractivity contribution in [2.45, 2.75) is 64.6 Å².